The zero-order valence-corrected chi connectivity index (χ0v) is 15.4. The number of ether oxygens (including phenoxy) is 1. The van der Waals surface area contributed by atoms with Gasteiger partial charge in [-0.25, -0.2) is 9.48 Å². The summed E-state index contributed by atoms with van der Waals surface area (Å²) < 4.78 is 6.48. The summed E-state index contributed by atoms with van der Waals surface area (Å²) in [6.07, 6.45) is 3.02. The van der Waals surface area contributed by atoms with Gasteiger partial charge < -0.3 is 9.64 Å². The predicted octanol–water partition coefficient (Wildman–Crippen LogP) is 3.27. The van der Waals surface area contributed by atoms with Gasteiger partial charge in [0.2, 0.25) is 5.78 Å². The Morgan fingerprint density at radius 1 is 1.32 bits per heavy atom. The first-order valence-corrected chi connectivity index (χ1v) is 8.14. The first-order valence-electron chi connectivity index (χ1n) is 7.76. The van der Waals surface area contributed by atoms with E-state index in [1.165, 1.54) is 16.8 Å². The quantitative estimate of drug-likeness (QED) is 0.449. The van der Waals surface area contributed by atoms with Crippen molar-refractivity contribution in [3.05, 3.63) is 58.5 Å². The Hall–Kier alpha value is -2.60. The molecule has 0 N–H and O–H groups in total. The molecule has 0 unspecified atom stereocenters. The smallest absolute Gasteiger partial charge is 0.357 e. The summed E-state index contributed by atoms with van der Waals surface area (Å²) in [5.74, 6) is -0.859. The first kappa shape index (κ1) is 18.7. The largest absolute Gasteiger partial charge is 0.461 e. The summed E-state index contributed by atoms with van der Waals surface area (Å²) in [7, 11) is 3.61. The van der Waals surface area contributed by atoms with Crippen LogP contribution in [-0.4, -0.2) is 47.1 Å². The lowest BCUT2D eigenvalue weighted by atomic mass is 10.2. The molecule has 2 aromatic rings. The number of carbonyl (C=O) groups excluding carboxylic acids is 2. The van der Waals surface area contributed by atoms with Gasteiger partial charge in [0.25, 0.3) is 0 Å². The normalized spacial score (nSPS) is 10.9. The molecule has 0 spiro atoms. The maximum Gasteiger partial charge on any atom is 0.357 e. The Balaban J connectivity index is 2.55. The van der Waals surface area contributed by atoms with E-state index in [0.717, 1.165) is 5.56 Å². The molecule has 0 saturated heterocycles. The fourth-order valence-corrected chi connectivity index (χ4v) is 2.31. The zero-order valence-electron chi connectivity index (χ0n) is 14.6. The number of carbonyl (C=O) groups is 2. The van der Waals surface area contributed by atoms with E-state index in [0.29, 0.717) is 10.7 Å². The number of halogens is 1. The third-order valence-corrected chi connectivity index (χ3v) is 3.60. The van der Waals surface area contributed by atoms with Gasteiger partial charge in [-0.2, -0.15) is 5.10 Å². The van der Waals surface area contributed by atoms with Crippen LogP contribution in [0.15, 0.2) is 36.5 Å². The molecular weight excluding hydrogens is 342 g/mol. The van der Waals surface area contributed by atoms with Crippen LogP contribution in [0.3, 0.4) is 0 Å². The van der Waals surface area contributed by atoms with Gasteiger partial charge in [0, 0.05) is 37.5 Å². The molecular formula is C18H20ClN3O3. The molecule has 25 heavy (non-hydrogen) atoms. The Morgan fingerprint density at radius 3 is 2.68 bits per heavy atom. The number of esters is 1. The molecule has 1 heterocycles. The number of aryl methyl sites for hydroxylation is 1. The van der Waals surface area contributed by atoms with Gasteiger partial charge in [0.05, 0.1) is 12.3 Å². The Morgan fingerprint density at radius 2 is 2.04 bits per heavy atom. The van der Waals surface area contributed by atoms with E-state index in [1.54, 1.807) is 30.2 Å². The van der Waals surface area contributed by atoms with Gasteiger partial charge in [0.1, 0.15) is 5.69 Å². The first-order chi connectivity index (χ1) is 11.8. The van der Waals surface area contributed by atoms with Crippen molar-refractivity contribution >= 4 is 23.4 Å². The minimum atomic E-state index is -0.551. The minimum absolute atomic E-state index is 0.153. The average molecular weight is 362 g/mol. The highest BCUT2D eigenvalue weighted by Crippen LogP contribution is 2.22. The maximum atomic E-state index is 12.3. The molecule has 0 fully saturated rings. The number of aromatic nitrogens is 2. The van der Waals surface area contributed by atoms with Crippen LogP contribution in [0.5, 0.6) is 0 Å². The van der Waals surface area contributed by atoms with E-state index >= 15 is 0 Å². The van der Waals surface area contributed by atoms with E-state index < -0.39 is 5.97 Å². The van der Waals surface area contributed by atoms with Crippen molar-refractivity contribution in [1.29, 1.82) is 0 Å². The lowest BCUT2D eigenvalue weighted by molar-refractivity contribution is 0.0515. The number of ketones is 1. The lowest BCUT2D eigenvalue weighted by Gasteiger charge is -2.10. The van der Waals surface area contributed by atoms with Crippen LogP contribution >= 0.6 is 11.6 Å². The van der Waals surface area contributed by atoms with Crippen LogP contribution in [0.1, 0.15) is 33.5 Å². The van der Waals surface area contributed by atoms with Crippen LogP contribution < -0.4 is 0 Å². The molecule has 132 valence electrons. The number of nitrogens with zero attached hydrogens (tertiary/aromatic N) is 3. The van der Waals surface area contributed by atoms with Crippen molar-refractivity contribution in [2.24, 2.45) is 0 Å². The molecule has 7 heteroatoms. The summed E-state index contributed by atoms with van der Waals surface area (Å²) in [6, 6.07) is 6.69. The Bertz CT molecular complexity index is 825. The number of benzene rings is 1. The highest BCUT2D eigenvalue weighted by Gasteiger charge is 2.21. The SMILES string of the molecule is CCOC(=O)c1cc(C(=O)/C=C/N(C)C)nn1-c1cc(Cl)ccc1C. The van der Waals surface area contributed by atoms with Gasteiger partial charge in [-0.15, -0.1) is 0 Å². The second-order valence-corrected chi connectivity index (χ2v) is 6.06. The maximum absolute atomic E-state index is 12.3. The van der Waals surface area contributed by atoms with E-state index in [-0.39, 0.29) is 23.8 Å². The fraction of sp³-hybridized carbons (Fsp3) is 0.278. The molecule has 0 saturated carbocycles. The predicted molar refractivity (Wildman–Crippen MR) is 96.4 cm³/mol. The monoisotopic (exact) mass is 361 g/mol. The number of hydrogen-bond donors (Lipinski definition) is 0. The van der Waals surface area contributed by atoms with Crippen LogP contribution in [0.25, 0.3) is 5.69 Å². The van der Waals surface area contributed by atoms with Crippen molar-refractivity contribution in [3.8, 4) is 5.69 Å². The number of hydrogen-bond acceptors (Lipinski definition) is 5. The Labute approximate surface area is 151 Å². The summed E-state index contributed by atoms with van der Waals surface area (Å²) in [4.78, 5) is 26.3. The fourth-order valence-electron chi connectivity index (χ4n) is 2.15. The molecule has 0 radical (unpaired) electrons. The molecule has 0 amide bonds. The van der Waals surface area contributed by atoms with Crippen LogP contribution in [0.2, 0.25) is 5.02 Å². The highest BCUT2D eigenvalue weighted by molar-refractivity contribution is 6.30. The lowest BCUT2D eigenvalue weighted by Crippen LogP contribution is -2.12. The van der Waals surface area contributed by atoms with E-state index in [9.17, 15) is 9.59 Å². The molecule has 0 aliphatic heterocycles. The molecule has 0 aliphatic rings. The molecule has 0 bridgehead atoms. The summed E-state index contributed by atoms with van der Waals surface area (Å²) in [6.45, 7) is 3.81. The molecule has 0 aliphatic carbocycles. The van der Waals surface area contributed by atoms with Gasteiger partial charge >= 0.3 is 5.97 Å². The molecule has 2 rings (SSSR count). The minimum Gasteiger partial charge on any atom is -0.461 e. The molecule has 6 nitrogen and oxygen atoms in total. The molecule has 0 atom stereocenters. The van der Waals surface area contributed by atoms with Crippen molar-refractivity contribution in [1.82, 2.24) is 14.7 Å². The van der Waals surface area contributed by atoms with Crippen molar-refractivity contribution in [3.63, 3.8) is 0 Å². The van der Waals surface area contributed by atoms with Crippen molar-refractivity contribution in [2.45, 2.75) is 13.8 Å². The standard InChI is InChI=1S/C18H20ClN3O3/c1-5-25-18(24)16-11-14(17(23)8-9-21(3)4)20-22(16)15-10-13(19)7-6-12(15)2/h6-11H,5H2,1-4H3/b9-8+. The summed E-state index contributed by atoms with van der Waals surface area (Å²) in [5, 5.41) is 4.81. The second kappa shape index (κ2) is 7.98. The average Bonchev–Trinajstić information content (AvgIpc) is 3.00. The van der Waals surface area contributed by atoms with E-state index in [2.05, 4.69) is 5.10 Å². The van der Waals surface area contributed by atoms with Crippen LogP contribution in [-0.2, 0) is 4.74 Å². The molecule has 1 aromatic heterocycles. The van der Waals surface area contributed by atoms with Crippen LogP contribution in [0, 0.1) is 6.92 Å². The molecule has 1 aromatic carbocycles. The topological polar surface area (TPSA) is 64.4 Å². The number of allylic oxidation sites excluding steroid dienone is 1. The van der Waals surface area contributed by atoms with E-state index in [1.807, 2.05) is 27.1 Å². The number of rotatable bonds is 6. The summed E-state index contributed by atoms with van der Waals surface area (Å²) in [5.41, 5.74) is 1.81. The van der Waals surface area contributed by atoms with Crippen molar-refractivity contribution in [2.75, 3.05) is 20.7 Å². The zero-order chi connectivity index (χ0) is 18.6. The van der Waals surface area contributed by atoms with Gasteiger partial charge in [-0.05, 0) is 31.5 Å². The van der Waals surface area contributed by atoms with Crippen molar-refractivity contribution < 1.29 is 14.3 Å². The highest BCUT2D eigenvalue weighted by atomic mass is 35.5. The van der Waals surface area contributed by atoms with Crippen LogP contribution in [0.4, 0.5) is 0 Å². The third-order valence-electron chi connectivity index (χ3n) is 3.37. The third kappa shape index (κ3) is 4.48. The van der Waals surface area contributed by atoms with Gasteiger partial charge in [-0.1, -0.05) is 17.7 Å². The van der Waals surface area contributed by atoms with Gasteiger partial charge in [0.15, 0.2) is 5.69 Å². The van der Waals surface area contributed by atoms with Gasteiger partial charge in [-0.3, -0.25) is 4.79 Å². The van der Waals surface area contributed by atoms with E-state index in [4.69, 9.17) is 16.3 Å². The second-order valence-electron chi connectivity index (χ2n) is 5.62. The Kier molecular flexibility index (Phi) is 5.98. The summed E-state index contributed by atoms with van der Waals surface area (Å²) >= 11 is 6.07.